The molecule has 0 heterocycles. The fraction of sp³-hybridized carbons (Fsp3) is 0.600. The van der Waals surface area contributed by atoms with Gasteiger partial charge in [0.2, 0.25) is 0 Å². The molecular weight excluding hydrogens is 208 g/mol. The molecule has 0 spiro atoms. The van der Waals surface area contributed by atoms with Crippen LogP contribution in [0.2, 0.25) is 0 Å². The van der Waals surface area contributed by atoms with E-state index in [0.717, 1.165) is 19.5 Å². The molecule has 2 atom stereocenters. The summed E-state index contributed by atoms with van der Waals surface area (Å²) in [6, 6.07) is 8.80. The summed E-state index contributed by atoms with van der Waals surface area (Å²) in [6.07, 6.45) is 2.32. The van der Waals surface area contributed by atoms with E-state index in [1.165, 1.54) is 17.7 Å². The molecule has 0 aliphatic rings. The lowest BCUT2D eigenvalue weighted by Crippen LogP contribution is -2.14. The predicted molar refractivity (Wildman–Crippen MR) is 76.5 cm³/mol. The van der Waals surface area contributed by atoms with Gasteiger partial charge >= 0.3 is 0 Å². The summed E-state index contributed by atoms with van der Waals surface area (Å²) in [5, 5.41) is 3.44. The number of nitrogens with two attached hydrogens (primary N) is 1. The maximum Gasteiger partial charge on any atom is 0.0340 e. The fourth-order valence-electron chi connectivity index (χ4n) is 1.75. The summed E-state index contributed by atoms with van der Waals surface area (Å²) < 4.78 is 0. The molecule has 0 bridgehead atoms. The summed E-state index contributed by atoms with van der Waals surface area (Å²) in [5.74, 6) is 1.25. The van der Waals surface area contributed by atoms with Crippen LogP contribution in [0.25, 0.3) is 0 Å². The third kappa shape index (κ3) is 4.78. The number of anilines is 1. The Balaban J connectivity index is 2.40. The minimum atomic E-state index is 0.599. The van der Waals surface area contributed by atoms with Gasteiger partial charge in [-0.05, 0) is 48.9 Å². The normalized spacial score (nSPS) is 14.4. The first kappa shape index (κ1) is 14.0. The Kier molecular flexibility index (Phi) is 6.06. The Labute approximate surface area is 106 Å². The van der Waals surface area contributed by atoms with Crippen LogP contribution >= 0.6 is 0 Å². The Morgan fingerprint density at radius 2 is 1.82 bits per heavy atom. The molecule has 0 aromatic heterocycles. The highest BCUT2D eigenvalue weighted by atomic mass is 14.9. The van der Waals surface area contributed by atoms with Crippen LogP contribution < -0.4 is 11.1 Å². The first-order valence-electron chi connectivity index (χ1n) is 6.71. The molecule has 2 unspecified atom stereocenters. The van der Waals surface area contributed by atoms with Gasteiger partial charge in [-0.1, -0.05) is 32.9 Å². The SMILES string of the molecule is CCC(C)c1ccc(NCCC(C)CN)cc1. The van der Waals surface area contributed by atoms with Crippen molar-refractivity contribution < 1.29 is 0 Å². The molecule has 0 aliphatic carbocycles. The molecule has 0 saturated heterocycles. The van der Waals surface area contributed by atoms with Gasteiger partial charge in [0.1, 0.15) is 0 Å². The highest BCUT2D eigenvalue weighted by Gasteiger charge is 2.02. The average Bonchev–Trinajstić information content (AvgIpc) is 2.38. The van der Waals surface area contributed by atoms with Crippen molar-refractivity contribution >= 4 is 5.69 Å². The van der Waals surface area contributed by atoms with Crippen molar-refractivity contribution in [3.63, 3.8) is 0 Å². The second kappa shape index (κ2) is 7.33. The third-order valence-electron chi connectivity index (χ3n) is 3.46. The van der Waals surface area contributed by atoms with Gasteiger partial charge in [0, 0.05) is 12.2 Å². The first-order chi connectivity index (χ1) is 8.17. The van der Waals surface area contributed by atoms with Crippen LogP contribution in [0.5, 0.6) is 0 Å². The number of hydrogen-bond donors (Lipinski definition) is 2. The maximum absolute atomic E-state index is 5.59. The zero-order valence-corrected chi connectivity index (χ0v) is 11.4. The highest BCUT2D eigenvalue weighted by molar-refractivity contribution is 5.45. The molecule has 1 rings (SSSR count). The zero-order valence-electron chi connectivity index (χ0n) is 11.4. The second-order valence-corrected chi connectivity index (χ2v) is 4.99. The number of rotatable bonds is 7. The quantitative estimate of drug-likeness (QED) is 0.756. The van der Waals surface area contributed by atoms with E-state index in [-0.39, 0.29) is 0 Å². The molecule has 1 aromatic rings. The smallest absolute Gasteiger partial charge is 0.0340 e. The molecule has 0 saturated carbocycles. The van der Waals surface area contributed by atoms with Crippen molar-refractivity contribution in [2.45, 2.75) is 39.5 Å². The molecule has 3 N–H and O–H groups in total. The van der Waals surface area contributed by atoms with E-state index in [2.05, 4.69) is 50.4 Å². The molecule has 17 heavy (non-hydrogen) atoms. The van der Waals surface area contributed by atoms with Gasteiger partial charge in [0.25, 0.3) is 0 Å². The van der Waals surface area contributed by atoms with E-state index in [4.69, 9.17) is 5.73 Å². The molecular formula is C15H26N2. The van der Waals surface area contributed by atoms with Crippen molar-refractivity contribution in [2.24, 2.45) is 11.7 Å². The van der Waals surface area contributed by atoms with Crippen LogP contribution in [-0.2, 0) is 0 Å². The van der Waals surface area contributed by atoms with Crippen LogP contribution in [-0.4, -0.2) is 13.1 Å². The van der Waals surface area contributed by atoms with Crippen LogP contribution in [0.3, 0.4) is 0 Å². The maximum atomic E-state index is 5.59. The van der Waals surface area contributed by atoms with E-state index in [0.29, 0.717) is 11.8 Å². The Hall–Kier alpha value is -1.02. The van der Waals surface area contributed by atoms with Gasteiger partial charge in [-0.25, -0.2) is 0 Å². The van der Waals surface area contributed by atoms with E-state index in [1.807, 2.05) is 0 Å². The van der Waals surface area contributed by atoms with Crippen LogP contribution in [0.4, 0.5) is 5.69 Å². The van der Waals surface area contributed by atoms with Crippen molar-refractivity contribution in [1.29, 1.82) is 0 Å². The molecule has 2 heteroatoms. The third-order valence-corrected chi connectivity index (χ3v) is 3.46. The van der Waals surface area contributed by atoms with E-state index < -0.39 is 0 Å². The largest absolute Gasteiger partial charge is 0.385 e. The Morgan fingerprint density at radius 3 is 2.35 bits per heavy atom. The standard InChI is InChI=1S/C15H26N2/c1-4-13(3)14-5-7-15(8-6-14)17-10-9-12(2)11-16/h5-8,12-13,17H,4,9-11,16H2,1-3H3. The summed E-state index contributed by atoms with van der Waals surface area (Å²) in [6.45, 7) is 8.46. The zero-order chi connectivity index (χ0) is 12.7. The lowest BCUT2D eigenvalue weighted by molar-refractivity contribution is 0.561. The molecule has 96 valence electrons. The summed E-state index contributed by atoms with van der Waals surface area (Å²) in [7, 11) is 0. The lowest BCUT2D eigenvalue weighted by atomic mass is 9.98. The molecule has 0 fully saturated rings. The van der Waals surface area contributed by atoms with Crippen LogP contribution in [0.1, 0.15) is 45.1 Å². The Morgan fingerprint density at radius 1 is 1.18 bits per heavy atom. The molecule has 0 amide bonds. The topological polar surface area (TPSA) is 38.0 Å². The minimum Gasteiger partial charge on any atom is -0.385 e. The van der Waals surface area contributed by atoms with Gasteiger partial charge in [0.15, 0.2) is 0 Å². The van der Waals surface area contributed by atoms with E-state index in [1.54, 1.807) is 0 Å². The van der Waals surface area contributed by atoms with Gasteiger partial charge in [-0.15, -0.1) is 0 Å². The predicted octanol–water partition coefficient (Wildman–Crippen LogP) is 3.60. The summed E-state index contributed by atoms with van der Waals surface area (Å²) in [5.41, 5.74) is 8.23. The number of hydrogen-bond acceptors (Lipinski definition) is 2. The average molecular weight is 234 g/mol. The van der Waals surface area contributed by atoms with Gasteiger partial charge in [-0.2, -0.15) is 0 Å². The molecule has 2 nitrogen and oxygen atoms in total. The number of nitrogens with one attached hydrogen (secondary N) is 1. The first-order valence-corrected chi connectivity index (χ1v) is 6.71. The minimum absolute atomic E-state index is 0.599. The monoisotopic (exact) mass is 234 g/mol. The molecule has 0 aliphatic heterocycles. The second-order valence-electron chi connectivity index (χ2n) is 4.99. The van der Waals surface area contributed by atoms with Crippen LogP contribution in [0, 0.1) is 5.92 Å². The van der Waals surface area contributed by atoms with Crippen molar-refractivity contribution in [3.8, 4) is 0 Å². The van der Waals surface area contributed by atoms with Gasteiger partial charge < -0.3 is 11.1 Å². The summed E-state index contributed by atoms with van der Waals surface area (Å²) in [4.78, 5) is 0. The van der Waals surface area contributed by atoms with Crippen molar-refractivity contribution in [3.05, 3.63) is 29.8 Å². The van der Waals surface area contributed by atoms with E-state index in [9.17, 15) is 0 Å². The lowest BCUT2D eigenvalue weighted by Gasteiger charge is -2.12. The van der Waals surface area contributed by atoms with Crippen molar-refractivity contribution in [2.75, 3.05) is 18.4 Å². The van der Waals surface area contributed by atoms with Gasteiger partial charge in [0.05, 0.1) is 0 Å². The fourth-order valence-corrected chi connectivity index (χ4v) is 1.75. The summed E-state index contributed by atoms with van der Waals surface area (Å²) >= 11 is 0. The van der Waals surface area contributed by atoms with Gasteiger partial charge in [-0.3, -0.25) is 0 Å². The molecule has 1 aromatic carbocycles. The molecule has 0 radical (unpaired) electrons. The van der Waals surface area contributed by atoms with E-state index >= 15 is 0 Å². The number of benzene rings is 1. The van der Waals surface area contributed by atoms with Crippen LogP contribution in [0.15, 0.2) is 24.3 Å². The van der Waals surface area contributed by atoms with Crippen molar-refractivity contribution in [1.82, 2.24) is 0 Å². The Bertz CT molecular complexity index is 305. The highest BCUT2D eigenvalue weighted by Crippen LogP contribution is 2.20.